The molecule has 0 unspecified atom stereocenters. The zero-order chi connectivity index (χ0) is 21.7. The van der Waals surface area contributed by atoms with Crippen molar-refractivity contribution < 1.29 is 10.0 Å². The molecule has 1 atom stereocenters. The minimum absolute atomic E-state index is 0.0942. The van der Waals surface area contributed by atoms with E-state index in [-0.39, 0.29) is 35.9 Å². The van der Waals surface area contributed by atoms with E-state index in [0.29, 0.717) is 16.5 Å². The van der Waals surface area contributed by atoms with Crippen LogP contribution in [-0.4, -0.2) is 37.6 Å². The topological polar surface area (TPSA) is 126 Å². The number of anilines is 3. The Balaban J connectivity index is 2.04. The summed E-state index contributed by atoms with van der Waals surface area (Å²) in [6.45, 7) is 3.84. The maximum atomic E-state index is 11.4. The van der Waals surface area contributed by atoms with Gasteiger partial charge in [-0.15, -0.1) is 0 Å². The molecule has 0 fully saturated rings. The molecule has 0 aliphatic heterocycles. The third-order valence-electron chi connectivity index (χ3n) is 4.44. The third kappa shape index (κ3) is 5.19. The molecule has 3 aromatic rings. The number of pyridine rings is 1. The largest absolute Gasteiger partial charge is 0.394 e. The molecule has 0 aliphatic carbocycles. The highest BCUT2D eigenvalue weighted by Gasteiger charge is 2.18. The second kappa shape index (κ2) is 9.47. The van der Waals surface area contributed by atoms with Crippen molar-refractivity contribution in [2.75, 3.05) is 17.2 Å². The minimum atomic E-state index is -0.497. The van der Waals surface area contributed by atoms with Crippen molar-refractivity contribution in [2.45, 2.75) is 19.9 Å². The molecule has 3 rings (SSSR count). The van der Waals surface area contributed by atoms with Gasteiger partial charge >= 0.3 is 0 Å². The molecule has 0 aliphatic rings. The zero-order valence-electron chi connectivity index (χ0n) is 16.4. The van der Waals surface area contributed by atoms with Crippen LogP contribution < -0.4 is 10.6 Å². The molecule has 156 valence electrons. The van der Waals surface area contributed by atoms with Crippen molar-refractivity contribution in [1.29, 1.82) is 0 Å². The normalized spacial score (nSPS) is 11.9. The first-order chi connectivity index (χ1) is 14.4. The molecule has 0 bridgehead atoms. The van der Waals surface area contributed by atoms with Gasteiger partial charge in [0.15, 0.2) is 0 Å². The number of hydrogen-bond donors (Lipinski definition) is 3. The summed E-state index contributed by atoms with van der Waals surface area (Å²) >= 11 is 6.03. The summed E-state index contributed by atoms with van der Waals surface area (Å²) in [4.78, 5) is 23.9. The fraction of sp³-hybridized carbons (Fsp3) is 0.250. The standard InChI is InChI=1S/C20H21ClN6O3/c1-12(2)17(11-28)25-20-24-15(13-5-7-22-8-6-13)10-19(26-20)23-16-9-14(21)3-4-18(16)27(29)30/h3-10,12,17,28H,11H2,1-2H3,(H2,23,24,25,26)/t17-/m0/s1. The van der Waals surface area contributed by atoms with Gasteiger partial charge in [0.2, 0.25) is 5.95 Å². The number of aromatic nitrogens is 3. The monoisotopic (exact) mass is 428 g/mol. The molecule has 2 heterocycles. The smallest absolute Gasteiger partial charge is 0.292 e. The van der Waals surface area contributed by atoms with E-state index >= 15 is 0 Å². The van der Waals surface area contributed by atoms with Crippen LogP contribution in [-0.2, 0) is 0 Å². The molecule has 10 heteroatoms. The number of nitrogens with zero attached hydrogens (tertiary/aromatic N) is 4. The Hall–Kier alpha value is -3.30. The van der Waals surface area contributed by atoms with Gasteiger partial charge < -0.3 is 15.7 Å². The molecule has 0 amide bonds. The van der Waals surface area contributed by atoms with Crippen LogP contribution in [0.3, 0.4) is 0 Å². The van der Waals surface area contributed by atoms with Gasteiger partial charge in [-0.25, -0.2) is 4.98 Å². The summed E-state index contributed by atoms with van der Waals surface area (Å²) in [5.41, 5.74) is 1.46. The Bertz CT molecular complexity index is 1030. The van der Waals surface area contributed by atoms with Gasteiger partial charge in [0, 0.05) is 35.1 Å². The SMILES string of the molecule is CC(C)[C@H](CO)Nc1nc(Nc2cc(Cl)ccc2[N+](=O)[O-])cc(-c2ccncc2)n1. The summed E-state index contributed by atoms with van der Waals surface area (Å²) in [5, 5.41) is 27.5. The number of nitrogens with one attached hydrogen (secondary N) is 2. The Morgan fingerprint density at radius 1 is 1.17 bits per heavy atom. The fourth-order valence-corrected chi connectivity index (χ4v) is 2.91. The molecule has 3 N–H and O–H groups in total. The lowest BCUT2D eigenvalue weighted by atomic mass is 10.1. The summed E-state index contributed by atoms with van der Waals surface area (Å²) in [6, 6.07) is 9.25. The summed E-state index contributed by atoms with van der Waals surface area (Å²) in [5.74, 6) is 0.753. The highest BCUT2D eigenvalue weighted by atomic mass is 35.5. The molecular weight excluding hydrogens is 408 g/mol. The molecule has 0 saturated carbocycles. The number of nitro benzene ring substituents is 1. The van der Waals surface area contributed by atoms with Crippen LogP contribution in [0.4, 0.5) is 23.1 Å². The number of halogens is 1. The van der Waals surface area contributed by atoms with E-state index in [4.69, 9.17) is 11.6 Å². The lowest BCUT2D eigenvalue weighted by molar-refractivity contribution is -0.383. The Morgan fingerprint density at radius 3 is 2.53 bits per heavy atom. The van der Waals surface area contributed by atoms with E-state index in [1.54, 1.807) is 30.6 Å². The summed E-state index contributed by atoms with van der Waals surface area (Å²) in [6.07, 6.45) is 3.29. The van der Waals surface area contributed by atoms with E-state index < -0.39 is 4.92 Å². The average Bonchev–Trinajstić information content (AvgIpc) is 2.72. The first kappa shape index (κ1) is 21.4. The lowest BCUT2D eigenvalue weighted by Gasteiger charge is -2.20. The molecule has 9 nitrogen and oxygen atoms in total. The van der Waals surface area contributed by atoms with Gasteiger partial charge in [0.1, 0.15) is 11.5 Å². The molecule has 30 heavy (non-hydrogen) atoms. The lowest BCUT2D eigenvalue weighted by Crippen LogP contribution is -2.30. The molecular formula is C20H21ClN6O3. The number of benzene rings is 1. The van der Waals surface area contributed by atoms with Crippen LogP contribution in [0.2, 0.25) is 5.02 Å². The van der Waals surface area contributed by atoms with Crippen LogP contribution in [0.1, 0.15) is 13.8 Å². The second-order valence-electron chi connectivity index (χ2n) is 6.92. The van der Waals surface area contributed by atoms with Gasteiger partial charge in [-0.2, -0.15) is 4.98 Å². The van der Waals surface area contributed by atoms with Crippen LogP contribution in [0.15, 0.2) is 48.8 Å². The third-order valence-corrected chi connectivity index (χ3v) is 4.67. The van der Waals surface area contributed by atoms with E-state index in [1.165, 1.54) is 18.2 Å². The quantitative estimate of drug-likeness (QED) is 0.358. The minimum Gasteiger partial charge on any atom is -0.394 e. The van der Waals surface area contributed by atoms with Crippen LogP contribution in [0, 0.1) is 16.0 Å². The number of aliphatic hydroxyl groups is 1. The van der Waals surface area contributed by atoms with Crippen LogP contribution in [0.5, 0.6) is 0 Å². The summed E-state index contributed by atoms with van der Waals surface area (Å²) < 4.78 is 0. The average molecular weight is 429 g/mol. The van der Waals surface area contributed by atoms with E-state index in [2.05, 4.69) is 25.6 Å². The molecule has 0 saturated heterocycles. The second-order valence-corrected chi connectivity index (χ2v) is 7.36. The van der Waals surface area contributed by atoms with Gasteiger partial charge in [0.05, 0.1) is 23.3 Å². The van der Waals surface area contributed by atoms with Crippen LogP contribution >= 0.6 is 11.6 Å². The van der Waals surface area contributed by atoms with Gasteiger partial charge in [0.25, 0.3) is 5.69 Å². The number of nitro groups is 1. The highest BCUT2D eigenvalue weighted by Crippen LogP contribution is 2.31. The Morgan fingerprint density at radius 2 is 1.90 bits per heavy atom. The van der Waals surface area contributed by atoms with Gasteiger partial charge in [-0.3, -0.25) is 15.1 Å². The Kier molecular flexibility index (Phi) is 6.76. The van der Waals surface area contributed by atoms with Crippen molar-refractivity contribution in [3.05, 3.63) is 63.9 Å². The number of rotatable bonds is 8. The van der Waals surface area contributed by atoms with E-state index in [1.807, 2.05) is 13.8 Å². The van der Waals surface area contributed by atoms with Crippen molar-refractivity contribution >= 4 is 34.7 Å². The van der Waals surface area contributed by atoms with Gasteiger partial charge in [-0.05, 0) is 30.2 Å². The molecule has 0 radical (unpaired) electrons. The van der Waals surface area contributed by atoms with Crippen LogP contribution in [0.25, 0.3) is 11.3 Å². The molecule has 1 aromatic carbocycles. The number of hydrogen-bond acceptors (Lipinski definition) is 8. The zero-order valence-corrected chi connectivity index (χ0v) is 17.2. The Labute approximate surface area is 178 Å². The summed E-state index contributed by atoms with van der Waals surface area (Å²) in [7, 11) is 0. The number of aliphatic hydroxyl groups excluding tert-OH is 1. The molecule has 2 aromatic heterocycles. The predicted octanol–water partition coefficient (Wildman–Crippen LogP) is 4.27. The highest BCUT2D eigenvalue weighted by molar-refractivity contribution is 6.31. The van der Waals surface area contributed by atoms with Crippen molar-refractivity contribution in [3.63, 3.8) is 0 Å². The van der Waals surface area contributed by atoms with Gasteiger partial charge in [-0.1, -0.05) is 25.4 Å². The maximum absolute atomic E-state index is 11.4. The van der Waals surface area contributed by atoms with E-state index in [0.717, 1.165) is 5.56 Å². The molecule has 0 spiro atoms. The van der Waals surface area contributed by atoms with Crippen molar-refractivity contribution in [3.8, 4) is 11.3 Å². The van der Waals surface area contributed by atoms with Crippen molar-refractivity contribution in [2.24, 2.45) is 5.92 Å². The predicted molar refractivity (Wildman–Crippen MR) is 116 cm³/mol. The maximum Gasteiger partial charge on any atom is 0.292 e. The first-order valence-corrected chi connectivity index (χ1v) is 9.63. The van der Waals surface area contributed by atoms with Crippen molar-refractivity contribution in [1.82, 2.24) is 15.0 Å². The first-order valence-electron chi connectivity index (χ1n) is 9.25. The van der Waals surface area contributed by atoms with E-state index in [9.17, 15) is 15.2 Å². The fourth-order valence-electron chi connectivity index (χ4n) is 2.74.